The molecule has 4 rings (SSSR count). The van der Waals surface area contributed by atoms with Gasteiger partial charge < -0.3 is 0 Å². The standard InChI is InChI=1S/C39H68OS/c1-5-7-9-11-13-14-15-17-19-21-37(40)41-33-26-28-39(4)32(30-33)22-24-34-35-25-23-31(20-18-16-12-10-8-6-2)38(35,3)29-27-36(34)39/h22,31,33-36H,5-21,23-30H2,1-4H3/t31?,33-,34?,35?,36?,38+,39-/m0/s1. The molecule has 2 heteroatoms. The third-order valence-electron chi connectivity index (χ3n) is 12.9. The fourth-order valence-electron chi connectivity index (χ4n) is 10.3. The molecule has 4 aliphatic rings. The molecule has 0 saturated heterocycles. The maximum atomic E-state index is 12.9. The van der Waals surface area contributed by atoms with Crippen LogP contribution in [0, 0.1) is 34.5 Å². The van der Waals surface area contributed by atoms with E-state index in [-0.39, 0.29) is 0 Å². The molecule has 1 nitrogen and oxygen atoms in total. The molecule has 0 aliphatic heterocycles. The number of allylic oxidation sites excluding steroid dienone is 2. The Balaban J connectivity index is 1.20. The Bertz CT molecular complexity index is 816. The number of fused-ring (bicyclic) bond motifs is 5. The van der Waals surface area contributed by atoms with Gasteiger partial charge >= 0.3 is 0 Å². The Labute approximate surface area is 260 Å². The second kappa shape index (κ2) is 16.7. The minimum absolute atomic E-state index is 0.416. The molecule has 0 spiro atoms. The van der Waals surface area contributed by atoms with Crippen LogP contribution in [0.25, 0.3) is 0 Å². The molecule has 41 heavy (non-hydrogen) atoms. The summed E-state index contributed by atoms with van der Waals surface area (Å²) in [5, 5.41) is 1.02. The lowest BCUT2D eigenvalue weighted by Gasteiger charge is -2.58. The highest BCUT2D eigenvalue weighted by molar-refractivity contribution is 8.14. The van der Waals surface area contributed by atoms with Crippen molar-refractivity contribution in [1.29, 1.82) is 0 Å². The fourth-order valence-corrected chi connectivity index (χ4v) is 11.4. The van der Waals surface area contributed by atoms with Gasteiger partial charge in [0.1, 0.15) is 0 Å². The number of carbonyl (C=O) groups excluding carboxylic acids is 1. The van der Waals surface area contributed by atoms with Crippen molar-refractivity contribution < 1.29 is 4.79 Å². The highest BCUT2D eigenvalue weighted by Gasteiger charge is 2.58. The lowest BCUT2D eigenvalue weighted by Crippen LogP contribution is -2.50. The van der Waals surface area contributed by atoms with E-state index in [4.69, 9.17) is 0 Å². The minimum Gasteiger partial charge on any atom is -0.287 e. The van der Waals surface area contributed by atoms with Crippen molar-refractivity contribution in [3.63, 3.8) is 0 Å². The van der Waals surface area contributed by atoms with Crippen LogP contribution < -0.4 is 0 Å². The van der Waals surface area contributed by atoms with Crippen LogP contribution >= 0.6 is 11.8 Å². The summed E-state index contributed by atoms with van der Waals surface area (Å²) in [6.45, 7) is 9.98. The predicted molar refractivity (Wildman–Crippen MR) is 181 cm³/mol. The maximum absolute atomic E-state index is 12.9. The number of unbranched alkanes of at least 4 members (excludes halogenated alkanes) is 13. The number of rotatable bonds is 18. The van der Waals surface area contributed by atoms with E-state index in [9.17, 15) is 4.79 Å². The Morgan fingerprint density at radius 2 is 1.39 bits per heavy atom. The lowest BCUT2D eigenvalue weighted by molar-refractivity contribution is -0.111. The summed E-state index contributed by atoms with van der Waals surface area (Å²) in [5.41, 5.74) is 2.78. The zero-order valence-electron chi connectivity index (χ0n) is 28.0. The van der Waals surface area contributed by atoms with Crippen LogP contribution in [0.2, 0.25) is 0 Å². The summed E-state index contributed by atoms with van der Waals surface area (Å²) in [6.07, 6.45) is 36.7. The largest absolute Gasteiger partial charge is 0.287 e. The van der Waals surface area contributed by atoms with E-state index < -0.39 is 0 Å². The molecule has 0 bridgehead atoms. The number of carbonyl (C=O) groups is 1. The van der Waals surface area contributed by atoms with E-state index in [1.165, 1.54) is 148 Å². The average molecular weight is 585 g/mol. The molecule has 4 unspecified atom stereocenters. The van der Waals surface area contributed by atoms with Gasteiger partial charge in [0.15, 0.2) is 5.12 Å². The molecular weight excluding hydrogens is 516 g/mol. The lowest BCUT2D eigenvalue weighted by atomic mass is 9.47. The minimum atomic E-state index is 0.416. The van der Waals surface area contributed by atoms with Gasteiger partial charge in [-0.15, -0.1) is 0 Å². The zero-order chi connectivity index (χ0) is 29.1. The maximum Gasteiger partial charge on any atom is 0.189 e. The Kier molecular flexibility index (Phi) is 13.7. The third-order valence-corrected chi connectivity index (χ3v) is 14.1. The second-order valence-electron chi connectivity index (χ2n) is 15.6. The van der Waals surface area contributed by atoms with Crippen LogP contribution in [0.3, 0.4) is 0 Å². The number of hydrogen-bond donors (Lipinski definition) is 0. The molecule has 3 fully saturated rings. The normalized spacial score (nSPS) is 34.5. The van der Waals surface area contributed by atoms with Crippen molar-refractivity contribution in [2.75, 3.05) is 0 Å². The third kappa shape index (κ3) is 8.69. The summed E-state index contributed by atoms with van der Waals surface area (Å²) in [5.74, 6) is 3.78. The average Bonchev–Trinajstić information content (AvgIpc) is 3.30. The van der Waals surface area contributed by atoms with E-state index in [2.05, 4.69) is 33.8 Å². The molecule has 0 aromatic rings. The van der Waals surface area contributed by atoms with Crippen molar-refractivity contribution in [2.45, 2.75) is 193 Å². The van der Waals surface area contributed by atoms with Crippen molar-refractivity contribution in [2.24, 2.45) is 34.5 Å². The fraction of sp³-hybridized carbons (Fsp3) is 0.923. The smallest absolute Gasteiger partial charge is 0.189 e. The molecule has 236 valence electrons. The molecule has 7 atom stereocenters. The van der Waals surface area contributed by atoms with Crippen LogP contribution in [0.5, 0.6) is 0 Å². The summed E-state index contributed by atoms with van der Waals surface area (Å²) in [4.78, 5) is 12.9. The van der Waals surface area contributed by atoms with Crippen LogP contribution in [-0.4, -0.2) is 10.4 Å². The van der Waals surface area contributed by atoms with Crippen molar-refractivity contribution in [3.8, 4) is 0 Å². The summed E-state index contributed by atoms with van der Waals surface area (Å²) >= 11 is 1.73. The highest BCUT2D eigenvalue weighted by Crippen LogP contribution is 2.67. The van der Waals surface area contributed by atoms with E-state index in [1.54, 1.807) is 17.3 Å². The number of hydrogen-bond acceptors (Lipinski definition) is 2. The first-order valence-corrected chi connectivity index (χ1v) is 19.7. The second-order valence-corrected chi connectivity index (χ2v) is 16.9. The van der Waals surface area contributed by atoms with E-state index in [0.717, 1.165) is 36.5 Å². The number of thioether (sulfide) groups is 1. The van der Waals surface area contributed by atoms with Gasteiger partial charge in [-0.05, 0) is 98.7 Å². The summed E-state index contributed by atoms with van der Waals surface area (Å²) < 4.78 is 0. The van der Waals surface area contributed by atoms with Crippen molar-refractivity contribution in [1.82, 2.24) is 0 Å². The Morgan fingerprint density at radius 3 is 2.07 bits per heavy atom. The highest BCUT2D eigenvalue weighted by atomic mass is 32.2. The molecule has 0 radical (unpaired) electrons. The van der Waals surface area contributed by atoms with Gasteiger partial charge in [0.25, 0.3) is 0 Å². The molecular formula is C39H68OS. The van der Waals surface area contributed by atoms with Gasteiger partial charge in [-0.2, -0.15) is 0 Å². The first-order chi connectivity index (χ1) is 19.9. The Hall–Kier alpha value is -0.240. The molecule has 0 aromatic carbocycles. The van der Waals surface area contributed by atoms with E-state index in [0.29, 0.717) is 21.2 Å². The monoisotopic (exact) mass is 584 g/mol. The van der Waals surface area contributed by atoms with Crippen LogP contribution in [0.15, 0.2) is 11.6 Å². The first-order valence-electron chi connectivity index (χ1n) is 18.8. The Morgan fingerprint density at radius 1 is 0.756 bits per heavy atom. The molecule has 0 amide bonds. The molecule has 3 saturated carbocycles. The van der Waals surface area contributed by atoms with E-state index >= 15 is 0 Å². The molecule has 0 heterocycles. The van der Waals surface area contributed by atoms with E-state index in [1.807, 2.05) is 0 Å². The van der Waals surface area contributed by atoms with Crippen LogP contribution in [0.4, 0.5) is 0 Å². The first kappa shape index (κ1) is 33.6. The predicted octanol–water partition coefficient (Wildman–Crippen LogP) is 12.9. The summed E-state index contributed by atoms with van der Waals surface area (Å²) in [6, 6.07) is 0. The van der Waals surface area contributed by atoms with Crippen LogP contribution in [-0.2, 0) is 4.79 Å². The van der Waals surface area contributed by atoms with Gasteiger partial charge in [0.2, 0.25) is 0 Å². The molecule has 0 aromatic heterocycles. The van der Waals surface area contributed by atoms with Gasteiger partial charge in [0, 0.05) is 11.7 Å². The quantitative estimate of drug-likeness (QED) is 0.118. The summed E-state index contributed by atoms with van der Waals surface area (Å²) in [7, 11) is 0. The van der Waals surface area contributed by atoms with Gasteiger partial charge in [-0.25, -0.2) is 0 Å². The SMILES string of the molecule is CCCCCCCCCCCC(=O)S[C@H]1CC[C@@]2(C)C(=CCC3C4CCC(CCCCCCCC)[C@@]4(C)CCC32)C1. The van der Waals surface area contributed by atoms with Crippen LogP contribution in [0.1, 0.15) is 188 Å². The topological polar surface area (TPSA) is 17.1 Å². The van der Waals surface area contributed by atoms with Crippen molar-refractivity contribution >= 4 is 16.9 Å². The molecule has 4 aliphatic carbocycles. The molecule has 0 N–H and O–H groups in total. The van der Waals surface area contributed by atoms with Gasteiger partial charge in [-0.1, -0.05) is 141 Å². The van der Waals surface area contributed by atoms with Gasteiger partial charge in [0.05, 0.1) is 0 Å². The van der Waals surface area contributed by atoms with Crippen molar-refractivity contribution in [3.05, 3.63) is 11.6 Å². The zero-order valence-corrected chi connectivity index (χ0v) is 28.8. The van der Waals surface area contributed by atoms with Gasteiger partial charge in [-0.3, -0.25) is 4.79 Å².